The maximum Gasteiger partial charge on any atom is 0.273 e. The van der Waals surface area contributed by atoms with Crippen LogP contribution in [0, 0.1) is 0 Å². The van der Waals surface area contributed by atoms with Gasteiger partial charge in [0.15, 0.2) is 5.02 Å². The predicted octanol–water partition coefficient (Wildman–Crippen LogP) is 1.80. The number of nitrogens with one attached hydrogen (secondary N) is 1. The van der Waals surface area contributed by atoms with Crippen molar-refractivity contribution in [3.8, 4) is 11.6 Å². The van der Waals surface area contributed by atoms with Crippen molar-refractivity contribution in [1.82, 2.24) is 9.97 Å². The maximum atomic E-state index is 11.2. The molecule has 0 atom stereocenters. The SMILES string of the molecule is Nc1cccc(Oc2nc[nH]c(=O)c2Cl)c1. The summed E-state index contributed by atoms with van der Waals surface area (Å²) in [5, 5.41) is -0.0927. The Balaban J connectivity index is 2.34. The molecule has 0 saturated carbocycles. The van der Waals surface area contributed by atoms with Crippen molar-refractivity contribution in [1.29, 1.82) is 0 Å². The summed E-state index contributed by atoms with van der Waals surface area (Å²) in [7, 11) is 0. The minimum atomic E-state index is -0.449. The van der Waals surface area contributed by atoms with Crippen molar-refractivity contribution in [2.45, 2.75) is 0 Å². The monoisotopic (exact) mass is 237 g/mol. The Kier molecular flexibility index (Phi) is 2.78. The molecule has 0 spiro atoms. The van der Waals surface area contributed by atoms with Gasteiger partial charge in [-0.2, -0.15) is 0 Å². The van der Waals surface area contributed by atoms with Crippen LogP contribution in [0.3, 0.4) is 0 Å². The van der Waals surface area contributed by atoms with Crippen molar-refractivity contribution in [2.75, 3.05) is 5.73 Å². The number of aromatic nitrogens is 2. The van der Waals surface area contributed by atoms with Gasteiger partial charge in [0.1, 0.15) is 5.75 Å². The van der Waals surface area contributed by atoms with Gasteiger partial charge in [-0.1, -0.05) is 17.7 Å². The highest BCUT2D eigenvalue weighted by Crippen LogP contribution is 2.24. The highest BCUT2D eigenvalue weighted by molar-refractivity contribution is 6.31. The van der Waals surface area contributed by atoms with Crippen LogP contribution in [-0.2, 0) is 0 Å². The maximum absolute atomic E-state index is 11.2. The summed E-state index contributed by atoms with van der Waals surface area (Å²) < 4.78 is 5.33. The minimum Gasteiger partial charge on any atom is -0.437 e. The number of nitrogens with two attached hydrogens (primary N) is 1. The number of nitrogen functional groups attached to an aromatic ring is 1. The number of aromatic amines is 1. The lowest BCUT2D eigenvalue weighted by atomic mass is 10.3. The quantitative estimate of drug-likeness (QED) is 0.781. The van der Waals surface area contributed by atoms with Crippen LogP contribution in [0.25, 0.3) is 0 Å². The number of halogens is 1. The number of rotatable bonds is 2. The minimum absolute atomic E-state index is 0.0519. The van der Waals surface area contributed by atoms with E-state index in [1.165, 1.54) is 6.33 Å². The molecule has 0 aliphatic carbocycles. The molecule has 0 amide bonds. The summed E-state index contributed by atoms with van der Waals surface area (Å²) in [4.78, 5) is 17.3. The molecule has 1 aromatic carbocycles. The van der Waals surface area contributed by atoms with Gasteiger partial charge in [-0.15, -0.1) is 0 Å². The molecule has 0 aliphatic rings. The van der Waals surface area contributed by atoms with Gasteiger partial charge >= 0.3 is 0 Å². The summed E-state index contributed by atoms with van der Waals surface area (Å²) >= 11 is 5.72. The molecule has 0 saturated heterocycles. The summed E-state index contributed by atoms with van der Waals surface area (Å²) in [6.45, 7) is 0. The fourth-order valence-electron chi connectivity index (χ4n) is 1.13. The lowest BCUT2D eigenvalue weighted by Crippen LogP contribution is -2.07. The van der Waals surface area contributed by atoms with Crippen LogP contribution >= 0.6 is 11.6 Å². The van der Waals surface area contributed by atoms with E-state index < -0.39 is 5.56 Å². The van der Waals surface area contributed by atoms with Crippen LogP contribution in [0.1, 0.15) is 0 Å². The molecule has 2 rings (SSSR count). The standard InChI is InChI=1S/C10H8ClN3O2/c11-8-9(15)13-5-14-10(8)16-7-3-1-2-6(12)4-7/h1-5H,12H2,(H,13,14,15). The van der Waals surface area contributed by atoms with E-state index in [0.29, 0.717) is 11.4 Å². The summed E-state index contributed by atoms with van der Waals surface area (Å²) in [6, 6.07) is 6.75. The largest absolute Gasteiger partial charge is 0.437 e. The third kappa shape index (κ3) is 2.14. The second-order valence-electron chi connectivity index (χ2n) is 3.03. The van der Waals surface area contributed by atoms with Crippen molar-refractivity contribution in [3.05, 3.63) is 46.0 Å². The molecule has 5 nitrogen and oxygen atoms in total. The molecule has 16 heavy (non-hydrogen) atoms. The number of ether oxygens (including phenoxy) is 1. The second kappa shape index (κ2) is 4.24. The van der Waals surface area contributed by atoms with E-state index in [4.69, 9.17) is 22.1 Å². The Labute approximate surface area is 95.8 Å². The van der Waals surface area contributed by atoms with Gasteiger partial charge < -0.3 is 15.5 Å². The van der Waals surface area contributed by atoms with Gasteiger partial charge in [0.25, 0.3) is 5.56 Å². The van der Waals surface area contributed by atoms with Gasteiger partial charge in [0.2, 0.25) is 5.88 Å². The normalized spacial score (nSPS) is 10.1. The lowest BCUT2D eigenvalue weighted by molar-refractivity contribution is 0.461. The Hall–Kier alpha value is -2.01. The third-order valence-corrected chi connectivity index (χ3v) is 2.17. The molecule has 0 fully saturated rings. The Morgan fingerprint density at radius 3 is 3.00 bits per heavy atom. The molecule has 0 unspecified atom stereocenters. The van der Waals surface area contributed by atoms with Crippen molar-refractivity contribution in [2.24, 2.45) is 0 Å². The number of hydrogen-bond acceptors (Lipinski definition) is 4. The molecule has 1 heterocycles. The zero-order chi connectivity index (χ0) is 11.5. The average Bonchev–Trinajstić information content (AvgIpc) is 2.25. The van der Waals surface area contributed by atoms with Crippen LogP contribution in [0.15, 0.2) is 35.4 Å². The van der Waals surface area contributed by atoms with E-state index in [-0.39, 0.29) is 10.9 Å². The van der Waals surface area contributed by atoms with Crippen molar-refractivity contribution >= 4 is 17.3 Å². The first-order valence-electron chi connectivity index (χ1n) is 4.43. The number of benzene rings is 1. The predicted molar refractivity (Wildman–Crippen MR) is 60.8 cm³/mol. The Bertz CT molecular complexity index is 568. The average molecular weight is 238 g/mol. The molecule has 1 aromatic heterocycles. The molecule has 82 valence electrons. The highest BCUT2D eigenvalue weighted by atomic mass is 35.5. The molecule has 3 N–H and O–H groups in total. The zero-order valence-electron chi connectivity index (χ0n) is 8.11. The van der Waals surface area contributed by atoms with E-state index in [1.807, 2.05) is 0 Å². The van der Waals surface area contributed by atoms with Crippen LogP contribution in [0.4, 0.5) is 5.69 Å². The van der Waals surface area contributed by atoms with E-state index in [1.54, 1.807) is 24.3 Å². The first-order chi connectivity index (χ1) is 7.66. The molecule has 0 radical (unpaired) electrons. The van der Waals surface area contributed by atoms with Gasteiger partial charge in [0.05, 0.1) is 6.33 Å². The first kappa shape index (κ1) is 10.5. The molecule has 6 heteroatoms. The number of H-pyrrole nitrogens is 1. The Morgan fingerprint density at radius 2 is 2.25 bits per heavy atom. The Morgan fingerprint density at radius 1 is 1.44 bits per heavy atom. The number of hydrogen-bond donors (Lipinski definition) is 2. The molecule has 0 aliphatic heterocycles. The fourth-order valence-corrected chi connectivity index (χ4v) is 1.27. The second-order valence-corrected chi connectivity index (χ2v) is 3.40. The van der Waals surface area contributed by atoms with Crippen LogP contribution < -0.4 is 16.0 Å². The molecular formula is C10H8ClN3O2. The molecule has 0 bridgehead atoms. The lowest BCUT2D eigenvalue weighted by Gasteiger charge is -2.05. The van der Waals surface area contributed by atoms with Crippen molar-refractivity contribution in [3.63, 3.8) is 0 Å². The third-order valence-electron chi connectivity index (χ3n) is 1.84. The van der Waals surface area contributed by atoms with Crippen LogP contribution in [0.2, 0.25) is 5.02 Å². The van der Waals surface area contributed by atoms with Crippen LogP contribution in [-0.4, -0.2) is 9.97 Å². The number of nitrogens with zero attached hydrogens (tertiary/aromatic N) is 1. The smallest absolute Gasteiger partial charge is 0.273 e. The topological polar surface area (TPSA) is 81.0 Å². The van der Waals surface area contributed by atoms with E-state index in [0.717, 1.165) is 0 Å². The summed E-state index contributed by atoms with van der Waals surface area (Å²) in [5.74, 6) is 0.524. The van der Waals surface area contributed by atoms with E-state index >= 15 is 0 Å². The van der Waals surface area contributed by atoms with Gasteiger partial charge in [-0.3, -0.25) is 4.79 Å². The van der Waals surface area contributed by atoms with E-state index in [9.17, 15) is 4.79 Å². The van der Waals surface area contributed by atoms with Gasteiger partial charge in [-0.05, 0) is 12.1 Å². The van der Waals surface area contributed by atoms with Gasteiger partial charge in [-0.25, -0.2) is 4.98 Å². The summed E-state index contributed by atoms with van der Waals surface area (Å²) in [5.41, 5.74) is 5.68. The first-order valence-corrected chi connectivity index (χ1v) is 4.81. The zero-order valence-corrected chi connectivity index (χ0v) is 8.86. The summed E-state index contributed by atoms with van der Waals surface area (Å²) in [6.07, 6.45) is 1.22. The van der Waals surface area contributed by atoms with Crippen molar-refractivity contribution < 1.29 is 4.74 Å². The number of anilines is 1. The van der Waals surface area contributed by atoms with E-state index in [2.05, 4.69) is 9.97 Å². The fraction of sp³-hybridized carbons (Fsp3) is 0. The van der Waals surface area contributed by atoms with Crippen LogP contribution in [0.5, 0.6) is 11.6 Å². The highest BCUT2D eigenvalue weighted by Gasteiger charge is 2.07. The molecular weight excluding hydrogens is 230 g/mol. The molecule has 2 aromatic rings. The van der Waals surface area contributed by atoms with Gasteiger partial charge in [0, 0.05) is 11.8 Å².